The standard InChI is InChI=1S/C18H22N2O5/c1-12-10-14(13(2)20(12)9-7-17(22)24-4)16(21)11-25-18(23)15-6-5-8-19(15)3/h5-6,8,10H,7,9,11H2,1-4H3. The summed E-state index contributed by atoms with van der Waals surface area (Å²) in [5.74, 6) is -1.13. The molecule has 2 rings (SSSR count). The molecule has 0 atom stereocenters. The van der Waals surface area contributed by atoms with Crippen LogP contribution in [0.25, 0.3) is 0 Å². The average Bonchev–Trinajstić information content (AvgIpc) is 3.13. The molecule has 0 saturated heterocycles. The molecule has 0 N–H and O–H groups in total. The third kappa shape index (κ3) is 4.17. The van der Waals surface area contributed by atoms with Crippen LogP contribution in [0.4, 0.5) is 0 Å². The first-order chi connectivity index (χ1) is 11.8. The fourth-order valence-corrected chi connectivity index (χ4v) is 2.69. The van der Waals surface area contributed by atoms with Gasteiger partial charge in [-0.15, -0.1) is 0 Å². The van der Waals surface area contributed by atoms with Gasteiger partial charge in [0.05, 0.1) is 13.5 Å². The van der Waals surface area contributed by atoms with Crippen LogP contribution in [0.15, 0.2) is 24.4 Å². The number of hydrogen-bond acceptors (Lipinski definition) is 5. The molecule has 0 aromatic carbocycles. The van der Waals surface area contributed by atoms with Gasteiger partial charge in [0.2, 0.25) is 5.78 Å². The highest BCUT2D eigenvalue weighted by atomic mass is 16.5. The van der Waals surface area contributed by atoms with E-state index in [2.05, 4.69) is 4.74 Å². The molecule has 2 heterocycles. The van der Waals surface area contributed by atoms with E-state index in [9.17, 15) is 14.4 Å². The number of hydrogen-bond donors (Lipinski definition) is 0. The summed E-state index contributed by atoms with van der Waals surface area (Å²) in [6.45, 7) is 3.76. The second-order valence-corrected chi connectivity index (χ2v) is 5.77. The van der Waals surface area contributed by atoms with Gasteiger partial charge in [-0.1, -0.05) is 0 Å². The van der Waals surface area contributed by atoms with Crippen molar-refractivity contribution < 1.29 is 23.9 Å². The summed E-state index contributed by atoms with van der Waals surface area (Å²) in [6, 6.07) is 5.10. The molecule has 0 fully saturated rings. The second-order valence-electron chi connectivity index (χ2n) is 5.77. The van der Waals surface area contributed by atoms with E-state index in [1.165, 1.54) is 7.11 Å². The van der Waals surface area contributed by atoms with Crippen molar-refractivity contribution in [1.82, 2.24) is 9.13 Å². The largest absolute Gasteiger partial charge is 0.469 e. The summed E-state index contributed by atoms with van der Waals surface area (Å²) < 4.78 is 13.3. The lowest BCUT2D eigenvalue weighted by Crippen LogP contribution is -2.17. The topological polar surface area (TPSA) is 79.5 Å². The maximum atomic E-state index is 12.4. The van der Waals surface area contributed by atoms with Crippen LogP contribution < -0.4 is 0 Å². The maximum absolute atomic E-state index is 12.4. The molecule has 2 aromatic heterocycles. The minimum Gasteiger partial charge on any atom is -0.469 e. The lowest BCUT2D eigenvalue weighted by atomic mass is 10.1. The molecule has 0 bridgehead atoms. The van der Waals surface area contributed by atoms with Gasteiger partial charge < -0.3 is 18.6 Å². The Bertz CT molecular complexity index is 800. The Hall–Kier alpha value is -2.83. The molecule has 0 aliphatic heterocycles. The maximum Gasteiger partial charge on any atom is 0.355 e. The van der Waals surface area contributed by atoms with Crippen molar-refractivity contribution in [3.05, 3.63) is 47.0 Å². The summed E-state index contributed by atoms with van der Waals surface area (Å²) in [6.07, 6.45) is 1.95. The number of aromatic nitrogens is 2. The normalized spacial score (nSPS) is 10.6. The number of nitrogens with zero attached hydrogens (tertiary/aromatic N) is 2. The van der Waals surface area contributed by atoms with Gasteiger partial charge in [0.1, 0.15) is 5.69 Å². The van der Waals surface area contributed by atoms with Crippen LogP contribution >= 0.6 is 0 Å². The minimum atomic E-state index is -0.541. The fraction of sp³-hybridized carbons (Fsp3) is 0.389. The van der Waals surface area contributed by atoms with E-state index in [0.717, 1.165) is 11.4 Å². The Kier molecular flexibility index (Phi) is 5.80. The van der Waals surface area contributed by atoms with Gasteiger partial charge in [-0.25, -0.2) is 4.79 Å². The Labute approximate surface area is 146 Å². The lowest BCUT2D eigenvalue weighted by molar-refractivity contribution is -0.140. The van der Waals surface area contributed by atoms with Crippen LogP contribution in [-0.2, 0) is 27.9 Å². The SMILES string of the molecule is COC(=O)CCn1c(C)cc(C(=O)COC(=O)c2cccn2C)c1C. The Balaban J connectivity index is 2.03. The van der Waals surface area contributed by atoms with Crippen LogP contribution in [0.1, 0.15) is 38.7 Å². The minimum absolute atomic E-state index is 0.225. The summed E-state index contributed by atoms with van der Waals surface area (Å²) in [5, 5.41) is 0. The van der Waals surface area contributed by atoms with Crippen molar-refractivity contribution in [2.45, 2.75) is 26.8 Å². The molecule has 7 heteroatoms. The number of ether oxygens (including phenoxy) is 2. The van der Waals surface area contributed by atoms with Crippen LogP contribution in [0.3, 0.4) is 0 Å². The summed E-state index contributed by atoms with van der Waals surface area (Å²) in [5.41, 5.74) is 2.47. The zero-order valence-corrected chi connectivity index (χ0v) is 14.9. The summed E-state index contributed by atoms with van der Waals surface area (Å²) >= 11 is 0. The van der Waals surface area contributed by atoms with E-state index in [4.69, 9.17) is 4.74 Å². The molecular weight excluding hydrogens is 324 g/mol. The van der Waals surface area contributed by atoms with Gasteiger partial charge >= 0.3 is 11.9 Å². The first-order valence-corrected chi connectivity index (χ1v) is 7.90. The molecule has 0 radical (unpaired) electrons. The number of Topliss-reactive ketones (excluding diaryl/α,β-unsaturated/α-hetero) is 1. The first kappa shape index (κ1) is 18.5. The molecule has 0 spiro atoms. The molecule has 0 unspecified atom stereocenters. The van der Waals surface area contributed by atoms with Crippen LogP contribution in [0.2, 0.25) is 0 Å². The predicted molar refractivity (Wildman–Crippen MR) is 90.6 cm³/mol. The lowest BCUT2D eigenvalue weighted by Gasteiger charge is -2.09. The van der Waals surface area contributed by atoms with Crippen molar-refractivity contribution in [2.75, 3.05) is 13.7 Å². The van der Waals surface area contributed by atoms with Crippen molar-refractivity contribution in [3.63, 3.8) is 0 Å². The summed E-state index contributed by atoms with van der Waals surface area (Å²) in [7, 11) is 3.07. The average molecular weight is 346 g/mol. The molecule has 0 saturated carbocycles. The molecule has 0 amide bonds. The number of ketones is 1. The number of esters is 2. The van der Waals surface area contributed by atoms with E-state index in [1.54, 1.807) is 42.9 Å². The Morgan fingerprint density at radius 2 is 1.92 bits per heavy atom. The smallest absolute Gasteiger partial charge is 0.355 e. The molecule has 0 aliphatic rings. The van der Waals surface area contributed by atoms with Gasteiger partial charge in [-0.3, -0.25) is 9.59 Å². The number of carbonyl (C=O) groups excluding carboxylic acids is 3. The van der Waals surface area contributed by atoms with E-state index < -0.39 is 5.97 Å². The van der Waals surface area contributed by atoms with Crippen molar-refractivity contribution >= 4 is 17.7 Å². The third-order valence-electron chi connectivity index (χ3n) is 4.13. The van der Waals surface area contributed by atoms with E-state index >= 15 is 0 Å². The fourth-order valence-electron chi connectivity index (χ4n) is 2.69. The van der Waals surface area contributed by atoms with Crippen LogP contribution in [-0.4, -0.2) is 40.6 Å². The quantitative estimate of drug-likeness (QED) is 0.566. The molecule has 134 valence electrons. The summed E-state index contributed by atoms with van der Waals surface area (Å²) in [4.78, 5) is 35.7. The monoisotopic (exact) mass is 346 g/mol. The number of aryl methyl sites for hydroxylation is 2. The van der Waals surface area contributed by atoms with E-state index in [1.807, 2.05) is 11.5 Å². The number of carbonyl (C=O) groups is 3. The highest BCUT2D eigenvalue weighted by Gasteiger charge is 2.19. The van der Waals surface area contributed by atoms with Gasteiger partial charge in [-0.05, 0) is 32.0 Å². The second kappa shape index (κ2) is 7.83. The van der Waals surface area contributed by atoms with Crippen molar-refractivity contribution in [2.24, 2.45) is 7.05 Å². The van der Waals surface area contributed by atoms with E-state index in [-0.39, 0.29) is 24.8 Å². The van der Waals surface area contributed by atoms with Crippen molar-refractivity contribution in [3.8, 4) is 0 Å². The highest BCUT2D eigenvalue weighted by molar-refractivity contribution is 6.00. The highest BCUT2D eigenvalue weighted by Crippen LogP contribution is 2.17. The van der Waals surface area contributed by atoms with Crippen molar-refractivity contribution in [1.29, 1.82) is 0 Å². The predicted octanol–water partition coefficient (Wildman–Crippen LogP) is 2.05. The zero-order valence-electron chi connectivity index (χ0n) is 14.9. The van der Waals surface area contributed by atoms with Gasteiger partial charge in [0.25, 0.3) is 0 Å². The molecular formula is C18H22N2O5. The molecule has 0 aliphatic carbocycles. The Morgan fingerprint density at radius 3 is 2.52 bits per heavy atom. The molecule has 7 nitrogen and oxygen atoms in total. The van der Waals surface area contributed by atoms with Gasteiger partial charge in [-0.2, -0.15) is 0 Å². The van der Waals surface area contributed by atoms with Gasteiger partial charge in [0.15, 0.2) is 6.61 Å². The number of methoxy groups -OCH3 is 1. The third-order valence-corrected chi connectivity index (χ3v) is 4.13. The number of rotatable bonds is 7. The zero-order chi connectivity index (χ0) is 18.6. The van der Waals surface area contributed by atoms with Crippen LogP contribution in [0, 0.1) is 13.8 Å². The first-order valence-electron chi connectivity index (χ1n) is 7.90. The Morgan fingerprint density at radius 1 is 1.20 bits per heavy atom. The van der Waals surface area contributed by atoms with Crippen LogP contribution in [0.5, 0.6) is 0 Å². The molecule has 25 heavy (non-hydrogen) atoms. The van der Waals surface area contributed by atoms with Gasteiger partial charge in [0, 0.05) is 36.7 Å². The molecule has 2 aromatic rings. The van der Waals surface area contributed by atoms with E-state index in [0.29, 0.717) is 17.8 Å².